The average molecular weight is 465 g/mol. The van der Waals surface area contributed by atoms with E-state index in [1.807, 2.05) is 5.01 Å². The smallest absolute Gasteiger partial charge is 0.322 e. The molecule has 0 atom stereocenters. The number of hydrogen-bond acceptors (Lipinski definition) is 6. The lowest BCUT2D eigenvalue weighted by Crippen LogP contribution is -2.50. The Bertz CT molecular complexity index is 1380. The summed E-state index contributed by atoms with van der Waals surface area (Å²) in [5.41, 5.74) is 1.50. The molecule has 3 heterocycles. The predicted octanol–water partition coefficient (Wildman–Crippen LogP) is 3.35. The van der Waals surface area contributed by atoms with Gasteiger partial charge in [-0.05, 0) is 35.9 Å². The minimum Gasteiger partial charge on any atom is -0.421 e. The zero-order valence-electron chi connectivity index (χ0n) is 18.3. The average Bonchev–Trinajstić information content (AvgIpc) is 3.11. The van der Waals surface area contributed by atoms with E-state index < -0.39 is 11.6 Å². The Morgan fingerprint density at radius 1 is 1.00 bits per heavy atom. The highest BCUT2D eigenvalue weighted by Crippen LogP contribution is 2.30. The molecule has 1 aliphatic rings. The van der Waals surface area contributed by atoms with Crippen LogP contribution in [0.15, 0.2) is 65.6 Å². The maximum Gasteiger partial charge on any atom is 0.322 e. The van der Waals surface area contributed by atoms with Crippen LogP contribution >= 0.6 is 0 Å². The molecule has 1 aliphatic heterocycles. The molecule has 10 heteroatoms. The largest absolute Gasteiger partial charge is 0.421 e. The number of aromatic nitrogens is 4. The summed E-state index contributed by atoms with van der Waals surface area (Å²) in [5, 5.41) is 1.89. The Balaban J connectivity index is 1.65. The van der Waals surface area contributed by atoms with Gasteiger partial charge >= 0.3 is 6.01 Å². The van der Waals surface area contributed by atoms with E-state index >= 15 is 0 Å². The summed E-state index contributed by atoms with van der Waals surface area (Å²) >= 11 is 0. The molecule has 0 N–H and O–H groups in total. The van der Waals surface area contributed by atoms with Gasteiger partial charge in [-0.1, -0.05) is 24.3 Å². The zero-order chi connectivity index (χ0) is 23.7. The van der Waals surface area contributed by atoms with Gasteiger partial charge in [-0.25, -0.2) is 13.8 Å². The standard InChI is InChI=1S/C24H21F2N5O3/c1-29-22(19-10-11-27-24(28-19)34-20-5-3-2-4-18(20)26)21(16-6-8-17(25)9-7-16)23(32)31(29)30-12-14-33-15-13-30/h2-11H,12-15H2,1H3. The molecule has 8 nitrogen and oxygen atoms in total. The maximum atomic E-state index is 14.1. The molecule has 1 fully saturated rings. The molecular formula is C24H21F2N5O3. The van der Waals surface area contributed by atoms with Gasteiger partial charge in [0.05, 0.1) is 43.3 Å². The molecule has 1 saturated heterocycles. The fourth-order valence-electron chi connectivity index (χ4n) is 3.97. The van der Waals surface area contributed by atoms with Gasteiger partial charge in [0.25, 0.3) is 5.56 Å². The molecule has 5 rings (SSSR count). The van der Waals surface area contributed by atoms with E-state index in [1.165, 1.54) is 35.3 Å². The molecule has 0 saturated carbocycles. The van der Waals surface area contributed by atoms with Crippen LogP contribution in [0.2, 0.25) is 0 Å². The molecule has 0 unspecified atom stereocenters. The van der Waals surface area contributed by atoms with E-state index in [0.717, 1.165) is 0 Å². The van der Waals surface area contributed by atoms with Crippen molar-refractivity contribution in [3.63, 3.8) is 0 Å². The summed E-state index contributed by atoms with van der Waals surface area (Å²) in [6.07, 6.45) is 1.48. The summed E-state index contributed by atoms with van der Waals surface area (Å²) in [6.45, 7) is 2.05. The number of ether oxygens (including phenoxy) is 2. The van der Waals surface area contributed by atoms with Gasteiger partial charge in [0.2, 0.25) is 0 Å². The molecule has 0 amide bonds. The SMILES string of the molecule is Cn1c(-c2ccnc(Oc3ccccc3F)n2)c(-c2ccc(F)cc2)c(=O)n1N1CCOCC1. The highest BCUT2D eigenvalue weighted by atomic mass is 19.1. The van der Waals surface area contributed by atoms with Crippen molar-refractivity contribution < 1.29 is 18.3 Å². The molecule has 2 aromatic carbocycles. The van der Waals surface area contributed by atoms with Gasteiger partial charge in [0, 0.05) is 13.2 Å². The van der Waals surface area contributed by atoms with Crippen molar-refractivity contribution in [1.82, 2.24) is 19.4 Å². The van der Waals surface area contributed by atoms with Crippen LogP contribution in [-0.4, -0.2) is 45.7 Å². The first-order valence-corrected chi connectivity index (χ1v) is 10.7. The minimum absolute atomic E-state index is 0.0156. The monoisotopic (exact) mass is 465 g/mol. The number of hydrogen-bond donors (Lipinski definition) is 0. The quantitative estimate of drug-likeness (QED) is 0.450. The van der Waals surface area contributed by atoms with E-state index in [0.29, 0.717) is 48.8 Å². The van der Waals surface area contributed by atoms with E-state index in [4.69, 9.17) is 9.47 Å². The maximum absolute atomic E-state index is 14.1. The van der Waals surface area contributed by atoms with Crippen molar-refractivity contribution in [2.45, 2.75) is 0 Å². The van der Waals surface area contributed by atoms with Crippen LogP contribution in [0.25, 0.3) is 22.5 Å². The van der Waals surface area contributed by atoms with E-state index in [-0.39, 0.29) is 17.3 Å². The molecule has 0 spiro atoms. The molecule has 2 aromatic heterocycles. The van der Waals surface area contributed by atoms with Crippen molar-refractivity contribution in [2.24, 2.45) is 7.05 Å². The highest BCUT2D eigenvalue weighted by molar-refractivity contribution is 5.79. The van der Waals surface area contributed by atoms with Crippen molar-refractivity contribution in [1.29, 1.82) is 0 Å². The number of nitrogens with zero attached hydrogens (tertiary/aromatic N) is 5. The van der Waals surface area contributed by atoms with Crippen LogP contribution in [0.3, 0.4) is 0 Å². The third-order valence-corrected chi connectivity index (χ3v) is 5.54. The Hall–Kier alpha value is -4.05. The lowest BCUT2D eigenvalue weighted by atomic mass is 10.0. The summed E-state index contributed by atoms with van der Waals surface area (Å²) in [7, 11) is 1.75. The molecule has 0 aliphatic carbocycles. The van der Waals surface area contributed by atoms with Gasteiger partial charge in [0.1, 0.15) is 5.82 Å². The molecular weight excluding hydrogens is 444 g/mol. The third kappa shape index (κ3) is 4.03. The van der Waals surface area contributed by atoms with E-state index in [9.17, 15) is 13.6 Å². The zero-order valence-corrected chi connectivity index (χ0v) is 18.3. The van der Waals surface area contributed by atoms with E-state index in [2.05, 4.69) is 9.97 Å². The summed E-state index contributed by atoms with van der Waals surface area (Å²) in [6, 6.07) is 13.2. The number of morpholine rings is 1. The lowest BCUT2D eigenvalue weighted by Gasteiger charge is -2.30. The number of halogens is 2. The second kappa shape index (κ2) is 9.06. The fraction of sp³-hybridized carbons (Fsp3) is 0.208. The van der Waals surface area contributed by atoms with Crippen molar-refractivity contribution in [2.75, 3.05) is 31.3 Å². The molecule has 174 valence electrons. The number of rotatable bonds is 5. The van der Waals surface area contributed by atoms with Gasteiger partial charge in [-0.2, -0.15) is 9.77 Å². The molecule has 4 aromatic rings. The summed E-state index contributed by atoms with van der Waals surface area (Å²) < 4.78 is 40.4. The summed E-state index contributed by atoms with van der Waals surface area (Å²) in [5.74, 6) is -0.968. The number of benzene rings is 2. The summed E-state index contributed by atoms with van der Waals surface area (Å²) in [4.78, 5) is 23.7. The first-order valence-electron chi connectivity index (χ1n) is 10.7. The van der Waals surface area contributed by atoms with Gasteiger partial charge in [-0.3, -0.25) is 14.5 Å². The van der Waals surface area contributed by atoms with Crippen LogP contribution in [0.4, 0.5) is 8.78 Å². The van der Waals surface area contributed by atoms with Crippen molar-refractivity contribution in [3.05, 3.63) is 82.8 Å². The third-order valence-electron chi connectivity index (χ3n) is 5.54. The van der Waals surface area contributed by atoms with Gasteiger partial charge in [0.15, 0.2) is 11.6 Å². The Morgan fingerprint density at radius 2 is 1.74 bits per heavy atom. The molecule has 34 heavy (non-hydrogen) atoms. The van der Waals surface area contributed by atoms with Crippen LogP contribution < -0.4 is 15.3 Å². The van der Waals surface area contributed by atoms with Gasteiger partial charge in [-0.15, -0.1) is 0 Å². The Morgan fingerprint density at radius 3 is 2.47 bits per heavy atom. The van der Waals surface area contributed by atoms with Crippen LogP contribution in [0.5, 0.6) is 11.8 Å². The Kier molecular flexibility index (Phi) is 5.81. The van der Waals surface area contributed by atoms with Gasteiger partial charge < -0.3 is 9.47 Å². The van der Waals surface area contributed by atoms with Crippen LogP contribution in [0, 0.1) is 11.6 Å². The second-order valence-corrected chi connectivity index (χ2v) is 7.67. The molecule has 0 radical (unpaired) electrons. The lowest BCUT2D eigenvalue weighted by molar-refractivity contribution is 0.106. The van der Waals surface area contributed by atoms with Crippen molar-refractivity contribution in [3.8, 4) is 34.3 Å². The first-order chi connectivity index (χ1) is 16.5. The number of para-hydroxylation sites is 1. The van der Waals surface area contributed by atoms with Crippen LogP contribution in [-0.2, 0) is 11.8 Å². The first kappa shape index (κ1) is 21.8. The molecule has 0 bridgehead atoms. The topological polar surface area (TPSA) is 74.4 Å². The predicted molar refractivity (Wildman–Crippen MR) is 121 cm³/mol. The second-order valence-electron chi connectivity index (χ2n) is 7.67. The van der Waals surface area contributed by atoms with Crippen LogP contribution in [0.1, 0.15) is 0 Å². The normalized spacial score (nSPS) is 13.8. The fourth-order valence-corrected chi connectivity index (χ4v) is 3.97. The Labute approximate surface area is 193 Å². The highest BCUT2D eigenvalue weighted by Gasteiger charge is 2.26. The van der Waals surface area contributed by atoms with Crippen molar-refractivity contribution >= 4 is 0 Å². The van der Waals surface area contributed by atoms with E-state index in [1.54, 1.807) is 42.1 Å². The minimum atomic E-state index is -0.547.